The van der Waals surface area contributed by atoms with Gasteiger partial charge in [-0.3, -0.25) is 4.90 Å². The Hall–Kier alpha value is -0.860. The van der Waals surface area contributed by atoms with Gasteiger partial charge in [0.25, 0.3) is 0 Å². The minimum atomic E-state index is 0.160. The molecule has 0 spiro atoms. The Labute approximate surface area is 131 Å². The zero-order valence-corrected chi connectivity index (χ0v) is 15.2. The predicted octanol–water partition coefficient (Wildman–Crippen LogP) is 4.44. The highest BCUT2D eigenvalue weighted by atomic mass is 15.1. The summed E-state index contributed by atoms with van der Waals surface area (Å²) in [7, 11) is 2.22. The SMILES string of the molecule is CC(N(C)Cc1cccc(CNC(C)(C)C)c1)C(C)(C)C. The normalized spacial score (nSPS) is 14.5. The maximum absolute atomic E-state index is 3.55. The van der Waals surface area contributed by atoms with Crippen molar-refractivity contribution in [2.24, 2.45) is 5.41 Å². The molecule has 1 atom stereocenters. The van der Waals surface area contributed by atoms with Gasteiger partial charge in [-0.15, -0.1) is 0 Å². The smallest absolute Gasteiger partial charge is 0.0233 e. The summed E-state index contributed by atoms with van der Waals surface area (Å²) in [5, 5.41) is 3.55. The fraction of sp³-hybridized carbons (Fsp3) is 0.684. The number of rotatable bonds is 5. The van der Waals surface area contributed by atoms with Crippen molar-refractivity contribution in [1.29, 1.82) is 0 Å². The van der Waals surface area contributed by atoms with E-state index in [-0.39, 0.29) is 5.54 Å². The van der Waals surface area contributed by atoms with Gasteiger partial charge in [0.1, 0.15) is 0 Å². The highest BCUT2D eigenvalue weighted by Gasteiger charge is 2.23. The van der Waals surface area contributed by atoms with E-state index in [0.717, 1.165) is 13.1 Å². The van der Waals surface area contributed by atoms with Gasteiger partial charge in [0.2, 0.25) is 0 Å². The van der Waals surface area contributed by atoms with Crippen LogP contribution in [0, 0.1) is 5.41 Å². The van der Waals surface area contributed by atoms with Crippen molar-refractivity contribution in [3.05, 3.63) is 35.4 Å². The van der Waals surface area contributed by atoms with E-state index in [1.165, 1.54) is 11.1 Å². The lowest BCUT2D eigenvalue weighted by Gasteiger charge is -2.35. The average Bonchev–Trinajstić information content (AvgIpc) is 2.34. The monoisotopic (exact) mass is 290 g/mol. The molecule has 0 saturated carbocycles. The summed E-state index contributed by atoms with van der Waals surface area (Å²) in [6.07, 6.45) is 0. The summed E-state index contributed by atoms with van der Waals surface area (Å²) < 4.78 is 0. The molecule has 1 unspecified atom stereocenters. The number of nitrogens with one attached hydrogen (secondary N) is 1. The summed E-state index contributed by atoms with van der Waals surface area (Å²) in [5.41, 5.74) is 3.22. The standard InChI is InChI=1S/C19H34N2/c1-15(18(2,3)4)21(8)14-17-11-9-10-16(12-17)13-20-19(5,6)7/h9-12,15,20H,13-14H2,1-8H3. The van der Waals surface area contributed by atoms with Crippen LogP contribution in [0.3, 0.4) is 0 Å². The molecule has 1 rings (SSSR count). The van der Waals surface area contributed by atoms with E-state index >= 15 is 0 Å². The Kier molecular flexibility index (Phi) is 6.01. The Bertz CT molecular complexity index is 438. The molecule has 0 heterocycles. The van der Waals surface area contributed by atoms with Gasteiger partial charge < -0.3 is 5.32 Å². The van der Waals surface area contributed by atoms with E-state index < -0.39 is 0 Å². The highest BCUT2D eigenvalue weighted by molar-refractivity contribution is 5.23. The van der Waals surface area contributed by atoms with Gasteiger partial charge in [0.05, 0.1) is 0 Å². The molecule has 2 nitrogen and oxygen atoms in total. The minimum Gasteiger partial charge on any atom is -0.308 e. The Morgan fingerprint density at radius 2 is 1.62 bits per heavy atom. The largest absolute Gasteiger partial charge is 0.308 e. The number of benzene rings is 1. The van der Waals surface area contributed by atoms with Crippen LogP contribution >= 0.6 is 0 Å². The molecule has 120 valence electrons. The van der Waals surface area contributed by atoms with Crippen LogP contribution in [0.2, 0.25) is 0 Å². The first kappa shape index (κ1) is 18.2. The lowest BCUT2D eigenvalue weighted by molar-refractivity contribution is 0.134. The molecular weight excluding hydrogens is 256 g/mol. The third-order valence-electron chi connectivity index (χ3n) is 4.16. The topological polar surface area (TPSA) is 15.3 Å². The summed E-state index contributed by atoms with van der Waals surface area (Å²) in [5.74, 6) is 0. The van der Waals surface area contributed by atoms with E-state index in [4.69, 9.17) is 0 Å². The lowest BCUT2D eigenvalue weighted by atomic mass is 9.87. The molecule has 0 radical (unpaired) electrons. The molecule has 1 aromatic carbocycles. The van der Waals surface area contributed by atoms with Gasteiger partial charge in [-0.05, 0) is 51.3 Å². The molecule has 0 aliphatic rings. The third kappa shape index (κ3) is 6.62. The fourth-order valence-electron chi connectivity index (χ4n) is 2.29. The fourth-order valence-corrected chi connectivity index (χ4v) is 2.29. The van der Waals surface area contributed by atoms with Crippen LogP contribution in [0.5, 0.6) is 0 Å². The third-order valence-corrected chi connectivity index (χ3v) is 4.16. The highest BCUT2D eigenvalue weighted by Crippen LogP contribution is 2.24. The number of nitrogens with zero attached hydrogens (tertiary/aromatic N) is 1. The van der Waals surface area contributed by atoms with Crippen LogP contribution < -0.4 is 5.32 Å². The first-order valence-electron chi connectivity index (χ1n) is 8.02. The van der Waals surface area contributed by atoms with Crippen molar-refractivity contribution < 1.29 is 0 Å². The average molecular weight is 290 g/mol. The van der Waals surface area contributed by atoms with Gasteiger partial charge in [-0.25, -0.2) is 0 Å². The van der Waals surface area contributed by atoms with Crippen LogP contribution in [-0.4, -0.2) is 23.5 Å². The molecule has 2 heteroatoms. The molecule has 1 N–H and O–H groups in total. The molecule has 0 aliphatic heterocycles. The van der Waals surface area contributed by atoms with E-state index in [2.05, 4.69) is 90.0 Å². The number of hydrogen-bond acceptors (Lipinski definition) is 2. The van der Waals surface area contributed by atoms with E-state index in [0.29, 0.717) is 11.5 Å². The van der Waals surface area contributed by atoms with Crippen molar-refractivity contribution in [2.45, 2.75) is 73.1 Å². The maximum Gasteiger partial charge on any atom is 0.0233 e. The van der Waals surface area contributed by atoms with Crippen molar-refractivity contribution in [1.82, 2.24) is 10.2 Å². The zero-order valence-electron chi connectivity index (χ0n) is 15.2. The Balaban J connectivity index is 2.68. The van der Waals surface area contributed by atoms with Gasteiger partial charge in [-0.2, -0.15) is 0 Å². The van der Waals surface area contributed by atoms with Crippen LogP contribution in [0.25, 0.3) is 0 Å². The van der Waals surface area contributed by atoms with Gasteiger partial charge in [-0.1, -0.05) is 45.0 Å². The van der Waals surface area contributed by atoms with Crippen LogP contribution in [0.15, 0.2) is 24.3 Å². The van der Waals surface area contributed by atoms with E-state index in [1.807, 2.05) is 0 Å². The summed E-state index contributed by atoms with van der Waals surface area (Å²) >= 11 is 0. The minimum absolute atomic E-state index is 0.160. The quantitative estimate of drug-likeness (QED) is 0.862. The maximum atomic E-state index is 3.55. The van der Waals surface area contributed by atoms with Gasteiger partial charge >= 0.3 is 0 Å². The Morgan fingerprint density at radius 3 is 2.14 bits per heavy atom. The first-order valence-corrected chi connectivity index (χ1v) is 8.02. The second kappa shape index (κ2) is 6.93. The predicted molar refractivity (Wildman–Crippen MR) is 93.4 cm³/mol. The lowest BCUT2D eigenvalue weighted by Crippen LogP contribution is -2.38. The molecule has 1 aromatic rings. The first-order chi connectivity index (χ1) is 9.49. The molecule has 0 fully saturated rings. The molecule has 0 amide bonds. The Morgan fingerprint density at radius 1 is 1.05 bits per heavy atom. The van der Waals surface area contributed by atoms with E-state index in [9.17, 15) is 0 Å². The summed E-state index contributed by atoms with van der Waals surface area (Å²) in [4.78, 5) is 2.44. The van der Waals surface area contributed by atoms with Crippen LogP contribution in [0.1, 0.15) is 59.6 Å². The molecule has 0 aromatic heterocycles. The van der Waals surface area contributed by atoms with Gasteiger partial charge in [0.15, 0.2) is 0 Å². The molecule has 21 heavy (non-hydrogen) atoms. The van der Waals surface area contributed by atoms with Crippen molar-refractivity contribution >= 4 is 0 Å². The molecule has 0 aliphatic carbocycles. The summed E-state index contributed by atoms with van der Waals surface area (Å²) in [6.45, 7) is 17.8. The second-order valence-corrected chi connectivity index (χ2v) is 8.38. The van der Waals surface area contributed by atoms with Crippen LogP contribution in [0.4, 0.5) is 0 Å². The summed E-state index contributed by atoms with van der Waals surface area (Å²) in [6, 6.07) is 9.48. The molecular formula is C19H34N2. The van der Waals surface area contributed by atoms with Crippen molar-refractivity contribution in [2.75, 3.05) is 7.05 Å². The second-order valence-electron chi connectivity index (χ2n) is 8.38. The van der Waals surface area contributed by atoms with Crippen LogP contribution in [-0.2, 0) is 13.1 Å². The zero-order chi connectivity index (χ0) is 16.3. The number of hydrogen-bond donors (Lipinski definition) is 1. The van der Waals surface area contributed by atoms with E-state index in [1.54, 1.807) is 0 Å². The van der Waals surface area contributed by atoms with Gasteiger partial charge in [0, 0.05) is 24.7 Å². The van der Waals surface area contributed by atoms with Crippen molar-refractivity contribution in [3.8, 4) is 0 Å². The van der Waals surface area contributed by atoms with Crippen molar-refractivity contribution in [3.63, 3.8) is 0 Å². The molecule has 0 saturated heterocycles. The molecule has 0 bridgehead atoms.